The van der Waals surface area contributed by atoms with Crippen LogP contribution < -0.4 is 0 Å². The molecule has 1 aromatic carbocycles. The summed E-state index contributed by atoms with van der Waals surface area (Å²) in [5, 5.41) is 0. The van der Waals surface area contributed by atoms with Crippen molar-refractivity contribution in [2.24, 2.45) is 4.99 Å². The normalized spacial score (nSPS) is 13.7. The molecule has 0 bridgehead atoms. The fourth-order valence-corrected chi connectivity index (χ4v) is 3.83. The molecule has 1 aromatic heterocycles. The molecule has 0 N–H and O–H groups in total. The molecule has 0 aliphatic carbocycles. The zero-order valence-electron chi connectivity index (χ0n) is 13.9. The molecule has 1 aliphatic rings. The summed E-state index contributed by atoms with van der Waals surface area (Å²) in [5.41, 5.74) is 2.39. The van der Waals surface area contributed by atoms with Crippen LogP contribution >= 0.6 is 11.8 Å². The van der Waals surface area contributed by atoms with Crippen LogP contribution in [-0.4, -0.2) is 16.4 Å². The zero-order chi connectivity index (χ0) is 17.9. The van der Waals surface area contributed by atoms with E-state index in [1.54, 1.807) is 18.0 Å². The van der Waals surface area contributed by atoms with Gasteiger partial charge >= 0.3 is 6.18 Å². The summed E-state index contributed by atoms with van der Waals surface area (Å²) in [5.74, 6) is 1.00. The molecule has 0 amide bonds. The Kier molecular flexibility index (Phi) is 5.47. The summed E-state index contributed by atoms with van der Waals surface area (Å²) in [6.07, 6.45) is 3.23. The summed E-state index contributed by atoms with van der Waals surface area (Å²) < 4.78 is 38.6. The second-order valence-electron chi connectivity index (χ2n) is 6.00. The van der Waals surface area contributed by atoms with Gasteiger partial charge in [0.15, 0.2) is 0 Å². The maximum absolute atomic E-state index is 12.9. The van der Waals surface area contributed by atoms with E-state index in [-0.39, 0.29) is 0 Å². The number of nitrogens with zero attached hydrogens (tertiary/aromatic N) is 2. The van der Waals surface area contributed by atoms with E-state index in [0.717, 1.165) is 46.0 Å². The number of aromatic nitrogens is 1. The first-order chi connectivity index (χ1) is 12.0. The van der Waals surface area contributed by atoms with Crippen molar-refractivity contribution in [2.75, 3.05) is 5.75 Å². The number of hydrogen-bond acceptors (Lipinski definition) is 3. The number of aliphatic imine (C=N–C) groups is 1. The van der Waals surface area contributed by atoms with Gasteiger partial charge in [0.05, 0.1) is 17.0 Å². The second kappa shape index (κ2) is 7.60. The minimum atomic E-state index is -4.34. The van der Waals surface area contributed by atoms with Crippen molar-refractivity contribution in [3.63, 3.8) is 0 Å². The van der Waals surface area contributed by atoms with Crippen LogP contribution in [0.5, 0.6) is 0 Å². The van der Waals surface area contributed by atoms with E-state index in [1.807, 2.05) is 12.3 Å². The third-order valence-electron chi connectivity index (χ3n) is 4.13. The van der Waals surface area contributed by atoms with Crippen molar-refractivity contribution in [1.29, 1.82) is 0 Å². The molecule has 0 atom stereocenters. The lowest BCUT2D eigenvalue weighted by Gasteiger charge is -2.08. The minimum Gasteiger partial charge on any atom is -0.264 e. The topological polar surface area (TPSA) is 25.2 Å². The lowest BCUT2D eigenvalue weighted by molar-refractivity contribution is -0.137. The summed E-state index contributed by atoms with van der Waals surface area (Å²) in [6.45, 7) is 2.17. The van der Waals surface area contributed by atoms with E-state index in [2.05, 4.69) is 16.9 Å². The Hall–Kier alpha value is -1.82. The third-order valence-corrected chi connectivity index (χ3v) is 5.26. The van der Waals surface area contributed by atoms with E-state index in [4.69, 9.17) is 0 Å². The second-order valence-corrected chi connectivity index (χ2v) is 7.14. The Morgan fingerprint density at radius 1 is 1.16 bits per heavy atom. The first-order valence-electron chi connectivity index (χ1n) is 8.34. The van der Waals surface area contributed by atoms with Crippen molar-refractivity contribution in [2.45, 2.75) is 43.7 Å². The Morgan fingerprint density at radius 3 is 2.76 bits per heavy atom. The van der Waals surface area contributed by atoms with Gasteiger partial charge in [-0.25, -0.2) is 0 Å². The fraction of sp³-hybridized carbons (Fsp3) is 0.368. The first kappa shape index (κ1) is 18.0. The lowest BCUT2D eigenvalue weighted by Crippen LogP contribution is -2.04. The van der Waals surface area contributed by atoms with Crippen LogP contribution in [0.2, 0.25) is 0 Å². The molecule has 0 unspecified atom stereocenters. The van der Waals surface area contributed by atoms with Gasteiger partial charge in [0.25, 0.3) is 0 Å². The standard InChI is InChI=1S/C19H19F3N2S/c1-2-3-4-9-25-18-12-23-8-7-15(18)17-10-13-5-6-14(19(20,21)22)11-16(13)24-17/h5-8,11-12H,2-4,9-10H2,1H3. The third kappa shape index (κ3) is 4.24. The predicted molar refractivity (Wildman–Crippen MR) is 95.8 cm³/mol. The van der Waals surface area contributed by atoms with E-state index in [0.29, 0.717) is 12.1 Å². The molecule has 0 saturated heterocycles. The highest BCUT2D eigenvalue weighted by Gasteiger charge is 2.32. The van der Waals surface area contributed by atoms with Crippen molar-refractivity contribution in [3.8, 4) is 0 Å². The summed E-state index contributed by atoms with van der Waals surface area (Å²) >= 11 is 1.74. The average Bonchev–Trinajstić information content (AvgIpc) is 3.01. The molecule has 0 fully saturated rings. The number of alkyl halides is 3. The number of halogens is 3. The predicted octanol–water partition coefficient (Wildman–Crippen LogP) is 6.06. The Labute approximate surface area is 149 Å². The van der Waals surface area contributed by atoms with Gasteiger partial charge in [0.2, 0.25) is 0 Å². The SMILES string of the molecule is CCCCCSc1cnccc1C1=Nc2cc(C(F)(F)F)ccc2C1. The van der Waals surface area contributed by atoms with Gasteiger partial charge in [-0.2, -0.15) is 13.2 Å². The number of unbranched alkanes of at least 4 members (excludes halogenated alkanes) is 2. The summed E-state index contributed by atoms with van der Waals surface area (Å²) in [7, 11) is 0. The van der Waals surface area contributed by atoms with Gasteiger partial charge in [0.1, 0.15) is 0 Å². The molecule has 2 heterocycles. The number of thioether (sulfide) groups is 1. The van der Waals surface area contributed by atoms with E-state index in [9.17, 15) is 13.2 Å². The van der Waals surface area contributed by atoms with Gasteiger partial charge in [-0.15, -0.1) is 11.8 Å². The number of benzene rings is 1. The van der Waals surface area contributed by atoms with Crippen molar-refractivity contribution < 1.29 is 13.2 Å². The maximum atomic E-state index is 12.9. The average molecular weight is 364 g/mol. The molecular formula is C19H19F3N2S. The van der Waals surface area contributed by atoms with Crippen LogP contribution in [0.3, 0.4) is 0 Å². The van der Waals surface area contributed by atoms with E-state index < -0.39 is 11.7 Å². The molecule has 0 radical (unpaired) electrons. The molecule has 2 nitrogen and oxygen atoms in total. The Morgan fingerprint density at radius 2 is 2.00 bits per heavy atom. The number of hydrogen-bond donors (Lipinski definition) is 0. The molecule has 2 aromatic rings. The minimum absolute atomic E-state index is 0.420. The molecule has 132 valence electrons. The molecule has 25 heavy (non-hydrogen) atoms. The van der Waals surface area contributed by atoms with Crippen LogP contribution in [0.4, 0.5) is 18.9 Å². The molecule has 0 saturated carbocycles. The van der Waals surface area contributed by atoms with Gasteiger partial charge in [-0.1, -0.05) is 25.8 Å². The molecule has 3 rings (SSSR count). The van der Waals surface area contributed by atoms with Gasteiger partial charge in [-0.3, -0.25) is 9.98 Å². The molecule has 0 spiro atoms. The van der Waals surface area contributed by atoms with Crippen LogP contribution in [0.25, 0.3) is 0 Å². The van der Waals surface area contributed by atoms with Crippen LogP contribution in [-0.2, 0) is 12.6 Å². The van der Waals surface area contributed by atoms with Gasteiger partial charge in [-0.05, 0) is 35.9 Å². The lowest BCUT2D eigenvalue weighted by atomic mass is 10.0. The van der Waals surface area contributed by atoms with Gasteiger partial charge in [0, 0.05) is 29.3 Å². The smallest absolute Gasteiger partial charge is 0.264 e. The largest absolute Gasteiger partial charge is 0.416 e. The van der Waals surface area contributed by atoms with Crippen LogP contribution in [0.1, 0.15) is 42.9 Å². The molecule has 6 heteroatoms. The number of fused-ring (bicyclic) bond motifs is 1. The molecule has 1 aliphatic heterocycles. The number of pyridine rings is 1. The van der Waals surface area contributed by atoms with E-state index >= 15 is 0 Å². The quantitative estimate of drug-likeness (QED) is 0.460. The highest BCUT2D eigenvalue weighted by molar-refractivity contribution is 7.99. The first-order valence-corrected chi connectivity index (χ1v) is 9.32. The fourth-order valence-electron chi connectivity index (χ4n) is 2.78. The highest BCUT2D eigenvalue weighted by atomic mass is 32.2. The Bertz CT molecular complexity index is 784. The van der Waals surface area contributed by atoms with E-state index in [1.165, 1.54) is 18.9 Å². The monoisotopic (exact) mass is 364 g/mol. The van der Waals surface area contributed by atoms with Crippen LogP contribution in [0, 0.1) is 0 Å². The summed E-state index contributed by atoms with van der Waals surface area (Å²) in [6, 6.07) is 5.70. The van der Waals surface area contributed by atoms with Crippen molar-refractivity contribution in [3.05, 3.63) is 53.3 Å². The summed E-state index contributed by atoms with van der Waals surface area (Å²) in [4.78, 5) is 9.71. The van der Waals surface area contributed by atoms with Crippen molar-refractivity contribution >= 4 is 23.2 Å². The zero-order valence-corrected chi connectivity index (χ0v) is 14.8. The number of rotatable bonds is 6. The van der Waals surface area contributed by atoms with Gasteiger partial charge < -0.3 is 0 Å². The highest BCUT2D eigenvalue weighted by Crippen LogP contribution is 2.37. The maximum Gasteiger partial charge on any atom is 0.416 e. The molecular weight excluding hydrogens is 345 g/mol. The Balaban J connectivity index is 1.83. The van der Waals surface area contributed by atoms with Crippen LogP contribution in [0.15, 0.2) is 46.5 Å². The van der Waals surface area contributed by atoms with Crippen molar-refractivity contribution in [1.82, 2.24) is 4.98 Å².